The predicted octanol–water partition coefficient (Wildman–Crippen LogP) is 13.2. The maximum absolute atomic E-state index is 3.59. The van der Waals surface area contributed by atoms with E-state index in [1.807, 2.05) is 0 Å². The van der Waals surface area contributed by atoms with E-state index in [0.29, 0.717) is 0 Å². The summed E-state index contributed by atoms with van der Waals surface area (Å²) in [6.07, 6.45) is 0. The normalized spacial score (nSPS) is 13.0. The fraction of sp³-hybridized carbons (Fsp3) is 0.0204. The first-order valence-electron chi connectivity index (χ1n) is 17.5. The van der Waals surface area contributed by atoms with Crippen LogP contribution in [0.25, 0.3) is 60.9 Å². The summed E-state index contributed by atoms with van der Waals surface area (Å²) in [5, 5.41) is 2.50. The molecule has 10 rings (SSSR count). The molecule has 0 N–H and O–H groups in total. The minimum Gasteiger partial charge on any atom is -0.309 e. The molecule has 9 aromatic rings. The smallest absolute Gasteiger partial charge is 0.0734 e. The van der Waals surface area contributed by atoms with Gasteiger partial charge in [-0.1, -0.05) is 174 Å². The number of para-hydroxylation sites is 1. The molecule has 1 nitrogen and oxygen atoms in total. The van der Waals surface area contributed by atoms with Gasteiger partial charge >= 0.3 is 0 Å². The van der Waals surface area contributed by atoms with E-state index in [1.165, 1.54) is 83.1 Å². The highest BCUT2D eigenvalue weighted by Gasteiger charge is 2.47. The van der Waals surface area contributed by atoms with E-state index in [4.69, 9.17) is 0 Å². The van der Waals surface area contributed by atoms with Crippen molar-refractivity contribution in [3.05, 3.63) is 221 Å². The van der Waals surface area contributed by atoms with Crippen LogP contribution in [-0.2, 0) is 5.41 Å². The Labute approximate surface area is 306 Å². The molecule has 0 unspecified atom stereocenters. The first kappa shape index (κ1) is 29.9. The molecule has 0 radical (unpaired) electrons. The largest absolute Gasteiger partial charge is 0.309 e. The van der Waals surface area contributed by atoms with Gasteiger partial charge in [-0.05, 0) is 86.5 Å². The standard InChI is InChI=1S/C49H32BrN/c50-39-28-25-33(26-29-39)34-13-11-14-35(31-34)36-27-30-42-41-20-8-10-23-45(41)51(47(42)32-36)46-24-12-21-43-40-19-7-9-22-44(40)49(48(43)46,37-15-3-1-4-16-37)38-17-5-2-6-18-38/h1-32H. The fourth-order valence-electron chi connectivity index (χ4n) is 8.60. The van der Waals surface area contributed by atoms with Crippen LogP contribution < -0.4 is 0 Å². The Balaban J connectivity index is 1.28. The number of nitrogens with zero attached hydrogens (tertiary/aromatic N) is 1. The second-order valence-electron chi connectivity index (χ2n) is 13.4. The van der Waals surface area contributed by atoms with Crippen molar-refractivity contribution < 1.29 is 0 Å². The molecule has 1 aliphatic rings. The van der Waals surface area contributed by atoms with Crippen LogP contribution in [0.4, 0.5) is 0 Å². The fourth-order valence-corrected chi connectivity index (χ4v) is 8.86. The molecule has 8 aromatic carbocycles. The van der Waals surface area contributed by atoms with Gasteiger partial charge in [0.25, 0.3) is 0 Å². The SMILES string of the molecule is Brc1ccc(-c2cccc(-c3ccc4c5ccccc5n(-c5cccc6c5C(c5ccccc5)(c5ccccc5)c5ccccc5-6)c4c3)c2)cc1. The lowest BCUT2D eigenvalue weighted by Crippen LogP contribution is -2.29. The van der Waals surface area contributed by atoms with E-state index in [2.05, 4.69) is 215 Å². The van der Waals surface area contributed by atoms with Gasteiger partial charge in [0, 0.05) is 20.8 Å². The van der Waals surface area contributed by atoms with Crippen molar-refractivity contribution in [1.29, 1.82) is 0 Å². The Kier molecular flexibility index (Phi) is 6.94. The zero-order valence-corrected chi connectivity index (χ0v) is 29.4. The summed E-state index contributed by atoms with van der Waals surface area (Å²) < 4.78 is 3.61. The summed E-state index contributed by atoms with van der Waals surface area (Å²) in [7, 11) is 0. The topological polar surface area (TPSA) is 4.93 Å². The highest BCUT2D eigenvalue weighted by molar-refractivity contribution is 9.10. The highest BCUT2D eigenvalue weighted by atomic mass is 79.9. The molecule has 0 fully saturated rings. The Morgan fingerprint density at radius 1 is 0.392 bits per heavy atom. The van der Waals surface area contributed by atoms with Gasteiger partial charge in [-0.2, -0.15) is 0 Å². The van der Waals surface area contributed by atoms with Crippen molar-refractivity contribution in [1.82, 2.24) is 4.57 Å². The van der Waals surface area contributed by atoms with Crippen LogP contribution in [-0.4, -0.2) is 4.57 Å². The molecular formula is C49H32BrN. The van der Waals surface area contributed by atoms with E-state index in [1.54, 1.807) is 0 Å². The molecule has 0 bridgehead atoms. The number of aromatic nitrogens is 1. The summed E-state index contributed by atoms with van der Waals surface area (Å²) in [6, 6.07) is 71.4. The molecule has 240 valence electrons. The lowest BCUT2D eigenvalue weighted by atomic mass is 9.67. The average molecular weight is 715 g/mol. The van der Waals surface area contributed by atoms with Gasteiger partial charge in [0.2, 0.25) is 0 Å². The summed E-state index contributed by atoms with van der Waals surface area (Å²) in [5.74, 6) is 0. The Morgan fingerprint density at radius 3 is 1.73 bits per heavy atom. The third-order valence-electron chi connectivity index (χ3n) is 10.7. The lowest BCUT2D eigenvalue weighted by Gasteiger charge is -2.35. The maximum Gasteiger partial charge on any atom is 0.0734 e. The number of rotatable bonds is 5. The third kappa shape index (κ3) is 4.53. The van der Waals surface area contributed by atoms with Gasteiger partial charge in [-0.25, -0.2) is 0 Å². The van der Waals surface area contributed by atoms with Gasteiger partial charge in [0.05, 0.1) is 22.1 Å². The van der Waals surface area contributed by atoms with Crippen molar-refractivity contribution in [3.63, 3.8) is 0 Å². The molecule has 1 heterocycles. The molecule has 0 saturated carbocycles. The van der Waals surface area contributed by atoms with Crippen LogP contribution >= 0.6 is 15.9 Å². The number of fused-ring (bicyclic) bond motifs is 6. The second-order valence-corrected chi connectivity index (χ2v) is 14.3. The first-order chi connectivity index (χ1) is 25.2. The lowest BCUT2D eigenvalue weighted by molar-refractivity contribution is 0.762. The first-order valence-corrected chi connectivity index (χ1v) is 18.3. The minimum absolute atomic E-state index is 0.515. The van der Waals surface area contributed by atoms with Crippen molar-refractivity contribution in [2.45, 2.75) is 5.41 Å². The van der Waals surface area contributed by atoms with E-state index >= 15 is 0 Å². The van der Waals surface area contributed by atoms with Crippen molar-refractivity contribution in [2.75, 3.05) is 0 Å². The number of hydrogen-bond donors (Lipinski definition) is 0. The van der Waals surface area contributed by atoms with Gasteiger partial charge in [-0.3, -0.25) is 0 Å². The third-order valence-corrected chi connectivity index (χ3v) is 11.3. The molecular weight excluding hydrogens is 682 g/mol. The maximum atomic E-state index is 3.59. The molecule has 2 heteroatoms. The van der Waals surface area contributed by atoms with E-state index < -0.39 is 5.41 Å². The van der Waals surface area contributed by atoms with Crippen molar-refractivity contribution >= 4 is 37.7 Å². The monoisotopic (exact) mass is 713 g/mol. The average Bonchev–Trinajstić information content (AvgIpc) is 3.70. The van der Waals surface area contributed by atoms with Crippen LogP contribution in [0, 0.1) is 0 Å². The van der Waals surface area contributed by atoms with Crippen LogP contribution in [0.15, 0.2) is 199 Å². The molecule has 0 atom stereocenters. The quantitative estimate of drug-likeness (QED) is 0.167. The molecule has 1 aliphatic carbocycles. The number of halogens is 1. The Bertz CT molecular complexity index is 2700. The summed E-state index contributed by atoms with van der Waals surface area (Å²) >= 11 is 3.59. The van der Waals surface area contributed by atoms with Crippen LogP contribution in [0.2, 0.25) is 0 Å². The summed E-state index contributed by atoms with van der Waals surface area (Å²) in [4.78, 5) is 0. The van der Waals surface area contributed by atoms with Gasteiger partial charge < -0.3 is 4.57 Å². The van der Waals surface area contributed by atoms with E-state index in [9.17, 15) is 0 Å². The van der Waals surface area contributed by atoms with Crippen LogP contribution in [0.3, 0.4) is 0 Å². The van der Waals surface area contributed by atoms with Crippen molar-refractivity contribution in [3.8, 4) is 39.1 Å². The molecule has 51 heavy (non-hydrogen) atoms. The second kappa shape index (κ2) is 11.8. The number of benzene rings is 8. The number of hydrogen-bond acceptors (Lipinski definition) is 0. The Morgan fingerprint density at radius 2 is 0.961 bits per heavy atom. The summed E-state index contributed by atoms with van der Waals surface area (Å²) in [5.41, 5.74) is 15.6. The molecule has 0 spiro atoms. The molecule has 1 aromatic heterocycles. The predicted molar refractivity (Wildman–Crippen MR) is 217 cm³/mol. The van der Waals surface area contributed by atoms with Crippen LogP contribution in [0.5, 0.6) is 0 Å². The van der Waals surface area contributed by atoms with E-state index in [-0.39, 0.29) is 0 Å². The molecule has 0 saturated heterocycles. The van der Waals surface area contributed by atoms with Gasteiger partial charge in [0.15, 0.2) is 0 Å². The zero-order valence-electron chi connectivity index (χ0n) is 27.8. The Hall–Kier alpha value is -5.96. The molecule has 0 aliphatic heterocycles. The molecule has 0 amide bonds. The van der Waals surface area contributed by atoms with Gasteiger partial charge in [0.1, 0.15) is 0 Å². The highest BCUT2D eigenvalue weighted by Crippen LogP contribution is 2.58. The van der Waals surface area contributed by atoms with Crippen molar-refractivity contribution in [2.24, 2.45) is 0 Å². The van der Waals surface area contributed by atoms with Gasteiger partial charge in [-0.15, -0.1) is 0 Å². The zero-order chi connectivity index (χ0) is 33.9. The summed E-state index contributed by atoms with van der Waals surface area (Å²) in [6.45, 7) is 0. The van der Waals surface area contributed by atoms with Crippen LogP contribution in [0.1, 0.15) is 22.3 Å². The minimum atomic E-state index is -0.515. The van der Waals surface area contributed by atoms with E-state index in [0.717, 1.165) is 4.47 Å².